The highest BCUT2D eigenvalue weighted by Gasteiger charge is 2.37. The van der Waals surface area contributed by atoms with Crippen molar-refractivity contribution in [2.45, 2.75) is 24.2 Å². The highest BCUT2D eigenvalue weighted by molar-refractivity contribution is 7.90. The van der Waals surface area contributed by atoms with Gasteiger partial charge in [0.25, 0.3) is 0 Å². The number of hydrogen-bond donors (Lipinski definition) is 1. The zero-order chi connectivity index (χ0) is 14.2. The number of sulfone groups is 1. The molecule has 0 saturated carbocycles. The Kier molecular flexibility index (Phi) is 3.46. The fourth-order valence-corrected chi connectivity index (χ4v) is 3.77. The fraction of sp³-hybridized carbons (Fsp3) is 0.643. The van der Waals surface area contributed by atoms with Crippen LogP contribution in [0.25, 0.3) is 0 Å². The normalized spacial score (nSPS) is 22.4. The van der Waals surface area contributed by atoms with E-state index in [-0.39, 0.29) is 4.90 Å². The van der Waals surface area contributed by atoms with E-state index in [1.807, 2.05) is 6.07 Å². The molecular formula is C14H21N3O2S. The minimum Gasteiger partial charge on any atom is -0.357 e. The monoisotopic (exact) mass is 295 g/mol. The third-order valence-corrected chi connectivity index (χ3v) is 5.73. The molecule has 1 spiro atoms. The predicted molar refractivity (Wildman–Crippen MR) is 78.7 cm³/mol. The van der Waals surface area contributed by atoms with Crippen LogP contribution < -0.4 is 10.2 Å². The molecule has 0 aromatic carbocycles. The lowest BCUT2D eigenvalue weighted by molar-refractivity contribution is 0.247. The van der Waals surface area contributed by atoms with Crippen LogP contribution in [0.1, 0.15) is 19.3 Å². The molecule has 1 N–H and O–H groups in total. The molecule has 1 aromatic heterocycles. The fourth-order valence-electron chi connectivity index (χ4n) is 3.21. The number of piperidine rings is 1. The number of anilines is 1. The van der Waals surface area contributed by atoms with E-state index < -0.39 is 9.84 Å². The Morgan fingerprint density at radius 1 is 1.25 bits per heavy atom. The number of nitrogens with one attached hydrogen (secondary N) is 1. The van der Waals surface area contributed by atoms with Crippen molar-refractivity contribution in [1.29, 1.82) is 0 Å². The third-order valence-electron chi connectivity index (χ3n) is 4.63. The summed E-state index contributed by atoms with van der Waals surface area (Å²) in [6.45, 7) is 4.29. The van der Waals surface area contributed by atoms with Gasteiger partial charge < -0.3 is 10.2 Å². The number of hydrogen-bond acceptors (Lipinski definition) is 5. The first-order chi connectivity index (χ1) is 9.49. The van der Waals surface area contributed by atoms with Crippen LogP contribution in [-0.4, -0.2) is 45.8 Å². The van der Waals surface area contributed by atoms with Crippen molar-refractivity contribution in [3.8, 4) is 0 Å². The summed E-state index contributed by atoms with van der Waals surface area (Å²) in [4.78, 5) is 6.86. The van der Waals surface area contributed by atoms with Crippen LogP contribution in [0.15, 0.2) is 23.2 Å². The second kappa shape index (κ2) is 5.00. The molecule has 20 heavy (non-hydrogen) atoms. The Morgan fingerprint density at radius 2 is 2.00 bits per heavy atom. The summed E-state index contributed by atoms with van der Waals surface area (Å²) >= 11 is 0. The molecule has 2 aliphatic heterocycles. The minimum absolute atomic E-state index is 0.287. The highest BCUT2D eigenvalue weighted by Crippen LogP contribution is 2.37. The first-order valence-electron chi connectivity index (χ1n) is 7.10. The van der Waals surface area contributed by atoms with E-state index in [1.165, 1.54) is 31.7 Å². The Bertz CT molecular complexity index is 567. The minimum atomic E-state index is -3.16. The summed E-state index contributed by atoms with van der Waals surface area (Å²) in [7, 11) is -3.16. The van der Waals surface area contributed by atoms with E-state index in [0.717, 1.165) is 32.0 Å². The van der Waals surface area contributed by atoms with E-state index in [9.17, 15) is 8.42 Å². The Morgan fingerprint density at radius 3 is 2.50 bits per heavy atom. The summed E-state index contributed by atoms with van der Waals surface area (Å²) < 4.78 is 22.9. The van der Waals surface area contributed by atoms with Crippen LogP contribution in [0.4, 0.5) is 5.82 Å². The highest BCUT2D eigenvalue weighted by atomic mass is 32.2. The van der Waals surface area contributed by atoms with Gasteiger partial charge in [-0.25, -0.2) is 13.4 Å². The van der Waals surface area contributed by atoms with Gasteiger partial charge in [-0.15, -0.1) is 0 Å². The van der Waals surface area contributed by atoms with Gasteiger partial charge >= 0.3 is 0 Å². The summed E-state index contributed by atoms with van der Waals surface area (Å²) in [6.07, 6.45) is 6.33. The molecule has 0 aliphatic carbocycles. The van der Waals surface area contributed by atoms with Crippen LogP contribution >= 0.6 is 0 Å². The molecule has 0 atom stereocenters. The molecule has 0 amide bonds. The van der Waals surface area contributed by atoms with Gasteiger partial charge in [-0.3, -0.25) is 0 Å². The van der Waals surface area contributed by atoms with Crippen LogP contribution in [0.5, 0.6) is 0 Å². The molecule has 3 rings (SSSR count). The summed E-state index contributed by atoms with van der Waals surface area (Å²) in [6, 6.07) is 3.47. The van der Waals surface area contributed by atoms with Crippen molar-refractivity contribution in [1.82, 2.24) is 10.3 Å². The molecule has 6 heteroatoms. The molecular weight excluding hydrogens is 274 g/mol. The van der Waals surface area contributed by atoms with Gasteiger partial charge in [0.2, 0.25) is 0 Å². The van der Waals surface area contributed by atoms with Gasteiger partial charge in [0.1, 0.15) is 5.82 Å². The molecule has 0 bridgehead atoms. The molecule has 2 aliphatic rings. The predicted octanol–water partition coefficient (Wildman–Crippen LogP) is 1.06. The topological polar surface area (TPSA) is 62.3 Å². The third kappa shape index (κ3) is 2.67. The number of rotatable bonds is 2. The van der Waals surface area contributed by atoms with E-state index in [4.69, 9.17) is 0 Å². The molecule has 2 saturated heterocycles. The quantitative estimate of drug-likeness (QED) is 0.884. The molecule has 3 heterocycles. The van der Waals surface area contributed by atoms with Crippen molar-refractivity contribution in [3.05, 3.63) is 18.3 Å². The largest absolute Gasteiger partial charge is 0.357 e. The molecule has 2 fully saturated rings. The van der Waals surface area contributed by atoms with Crippen LogP contribution in [0.2, 0.25) is 0 Å². The zero-order valence-corrected chi connectivity index (χ0v) is 12.6. The van der Waals surface area contributed by atoms with E-state index >= 15 is 0 Å². The maximum absolute atomic E-state index is 11.4. The number of nitrogens with zero attached hydrogens (tertiary/aromatic N) is 2. The van der Waals surface area contributed by atoms with E-state index in [1.54, 1.807) is 6.07 Å². The maximum atomic E-state index is 11.4. The lowest BCUT2D eigenvalue weighted by Gasteiger charge is -2.39. The van der Waals surface area contributed by atoms with E-state index in [0.29, 0.717) is 5.41 Å². The lowest BCUT2D eigenvalue weighted by Crippen LogP contribution is -2.41. The van der Waals surface area contributed by atoms with Crippen LogP contribution in [-0.2, 0) is 9.84 Å². The van der Waals surface area contributed by atoms with Crippen molar-refractivity contribution in [2.75, 3.05) is 37.3 Å². The first-order valence-corrected chi connectivity index (χ1v) is 9.00. The Balaban J connectivity index is 1.69. The van der Waals surface area contributed by atoms with Crippen molar-refractivity contribution in [2.24, 2.45) is 5.41 Å². The zero-order valence-electron chi connectivity index (χ0n) is 11.8. The maximum Gasteiger partial charge on any atom is 0.177 e. The summed E-state index contributed by atoms with van der Waals surface area (Å²) in [5.41, 5.74) is 0.489. The first kappa shape index (κ1) is 13.8. The SMILES string of the molecule is CS(=O)(=O)c1ccc(N2CCC3(CCNC3)CC2)nc1. The van der Waals surface area contributed by atoms with Gasteiger partial charge in [0.05, 0.1) is 4.90 Å². The number of aromatic nitrogens is 1. The Labute approximate surface area is 120 Å². The van der Waals surface area contributed by atoms with Gasteiger partial charge in [-0.2, -0.15) is 0 Å². The van der Waals surface area contributed by atoms with Crippen LogP contribution in [0.3, 0.4) is 0 Å². The molecule has 110 valence electrons. The average molecular weight is 295 g/mol. The molecule has 0 unspecified atom stereocenters. The van der Waals surface area contributed by atoms with Gasteiger partial charge in [-0.1, -0.05) is 0 Å². The molecule has 0 radical (unpaired) electrons. The standard InChI is InChI=1S/C14H21N3O2S/c1-20(18,19)12-2-3-13(16-10-12)17-8-5-14(6-9-17)4-7-15-11-14/h2-3,10,15H,4-9,11H2,1H3. The molecule has 1 aromatic rings. The summed E-state index contributed by atoms with van der Waals surface area (Å²) in [5, 5.41) is 3.46. The van der Waals surface area contributed by atoms with Crippen molar-refractivity contribution < 1.29 is 8.42 Å². The second-order valence-electron chi connectivity index (χ2n) is 6.04. The lowest BCUT2D eigenvalue weighted by atomic mass is 9.78. The van der Waals surface area contributed by atoms with Crippen molar-refractivity contribution >= 4 is 15.7 Å². The van der Waals surface area contributed by atoms with Crippen molar-refractivity contribution in [3.63, 3.8) is 0 Å². The second-order valence-corrected chi connectivity index (χ2v) is 8.05. The van der Waals surface area contributed by atoms with Gasteiger partial charge in [0, 0.05) is 32.1 Å². The van der Waals surface area contributed by atoms with Gasteiger partial charge in [0.15, 0.2) is 9.84 Å². The molecule has 5 nitrogen and oxygen atoms in total. The Hall–Kier alpha value is -1.14. The summed E-state index contributed by atoms with van der Waals surface area (Å²) in [5.74, 6) is 0.887. The number of pyridine rings is 1. The van der Waals surface area contributed by atoms with E-state index in [2.05, 4.69) is 15.2 Å². The van der Waals surface area contributed by atoms with Crippen LogP contribution in [0, 0.1) is 5.41 Å². The van der Waals surface area contributed by atoms with Gasteiger partial charge in [-0.05, 0) is 43.4 Å². The average Bonchev–Trinajstić information content (AvgIpc) is 2.87. The smallest absolute Gasteiger partial charge is 0.177 e.